The van der Waals surface area contributed by atoms with E-state index in [2.05, 4.69) is 18.3 Å². The van der Waals surface area contributed by atoms with E-state index in [1.165, 1.54) is 0 Å². The highest BCUT2D eigenvalue weighted by Crippen LogP contribution is 2.31. The number of ether oxygens (including phenoxy) is 1. The summed E-state index contributed by atoms with van der Waals surface area (Å²) in [6, 6.07) is 15.2. The van der Waals surface area contributed by atoms with E-state index in [0.717, 1.165) is 17.0 Å². The Balaban J connectivity index is 2.20. The van der Waals surface area contributed by atoms with E-state index in [1.54, 1.807) is 0 Å². The summed E-state index contributed by atoms with van der Waals surface area (Å²) >= 11 is 6.05. The first-order valence-corrected chi connectivity index (χ1v) is 7.20. The Kier molecular flexibility index (Phi) is 5.08. The molecule has 1 N–H and O–H groups in total. The van der Waals surface area contributed by atoms with E-state index in [9.17, 15) is 0 Å². The maximum absolute atomic E-state index is 8.83. The molecular formula is C17H17ClN2O. The molecule has 0 bridgehead atoms. The Bertz CT molecular complexity index is 647. The van der Waals surface area contributed by atoms with Gasteiger partial charge in [-0.3, -0.25) is 0 Å². The predicted octanol–water partition coefficient (Wildman–Crippen LogP) is 4.78. The third-order valence-corrected chi connectivity index (χ3v) is 3.39. The van der Waals surface area contributed by atoms with Crippen molar-refractivity contribution in [2.24, 2.45) is 0 Å². The van der Waals surface area contributed by atoms with Gasteiger partial charge in [-0.2, -0.15) is 5.26 Å². The number of benzene rings is 2. The van der Waals surface area contributed by atoms with Gasteiger partial charge in [0.05, 0.1) is 23.9 Å². The lowest BCUT2D eigenvalue weighted by molar-refractivity contribution is 0.341. The minimum absolute atomic E-state index is 0.0791. The molecule has 3 nitrogen and oxygen atoms in total. The van der Waals surface area contributed by atoms with Gasteiger partial charge >= 0.3 is 0 Å². The van der Waals surface area contributed by atoms with Gasteiger partial charge in [-0.25, -0.2) is 0 Å². The van der Waals surface area contributed by atoms with Crippen LogP contribution in [0.1, 0.15) is 31.0 Å². The van der Waals surface area contributed by atoms with Gasteiger partial charge in [-0.1, -0.05) is 23.7 Å². The van der Waals surface area contributed by atoms with Crippen LogP contribution in [0.4, 0.5) is 5.69 Å². The molecule has 2 aromatic rings. The summed E-state index contributed by atoms with van der Waals surface area (Å²) in [6.07, 6.45) is 0. The van der Waals surface area contributed by atoms with Gasteiger partial charge < -0.3 is 10.1 Å². The average Bonchev–Trinajstić information content (AvgIpc) is 2.50. The zero-order chi connectivity index (χ0) is 15.2. The molecule has 1 unspecified atom stereocenters. The van der Waals surface area contributed by atoms with Crippen molar-refractivity contribution in [3.63, 3.8) is 0 Å². The topological polar surface area (TPSA) is 45.0 Å². The minimum atomic E-state index is 0.0791. The fraction of sp³-hybridized carbons (Fsp3) is 0.235. The van der Waals surface area contributed by atoms with Crippen molar-refractivity contribution in [3.05, 3.63) is 58.6 Å². The lowest BCUT2D eigenvalue weighted by atomic mass is 10.1. The Morgan fingerprint density at radius 2 is 1.95 bits per heavy atom. The Labute approximate surface area is 130 Å². The van der Waals surface area contributed by atoms with Gasteiger partial charge in [0, 0.05) is 11.1 Å². The van der Waals surface area contributed by atoms with Crippen LogP contribution in [-0.4, -0.2) is 6.61 Å². The molecule has 2 aromatic carbocycles. The first-order chi connectivity index (χ1) is 10.1. The molecular weight excluding hydrogens is 284 g/mol. The molecule has 0 fully saturated rings. The molecule has 0 aromatic heterocycles. The number of nitrogens with zero attached hydrogens (tertiary/aromatic N) is 1. The van der Waals surface area contributed by atoms with Crippen molar-refractivity contribution in [1.82, 2.24) is 0 Å². The van der Waals surface area contributed by atoms with Crippen LogP contribution < -0.4 is 10.1 Å². The number of rotatable bonds is 5. The molecule has 0 radical (unpaired) electrons. The van der Waals surface area contributed by atoms with Gasteiger partial charge in [-0.15, -0.1) is 0 Å². The fourth-order valence-corrected chi connectivity index (χ4v) is 2.23. The average molecular weight is 301 g/mol. The summed E-state index contributed by atoms with van der Waals surface area (Å²) in [5, 5.41) is 12.9. The number of nitrogens with one attached hydrogen (secondary N) is 1. The van der Waals surface area contributed by atoms with E-state index in [0.29, 0.717) is 17.2 Å². The molecule has 0 aliphatic carbocycles. The van der Waals surface area contributed by atoms with Gasteiger partial charge in [0.2, 0.25) is 0 Å². The largest absolute Gasteiger partial charge is 0.492 e. The SMILES string of the molecule is CCOc1ccc(Cl)cc1NC(C)c1ccc(C#N)cc1. The zero-order valence-electron chi connectivity index (χ0n) is 12.1. The Morgan fingerprint density at radius 3 is 2.57 bits per heavy atom. The number of halogens is 1. The standard InChI is InChI=1S/C17H17ClN2O/c1-3-21-17-9-8-15(18)10-16(17)20-12(2)14-6-4-13(11-19)5-7-14/h4-10,12,20H,3H2,1-2H3. The van der Waals surface area contributed by atoms with E-state index in [4.69, 9.17) is 21.6 Å². The minimum Gasteiger partial charge on any atom is -0.492 e. The molecule has 0 aliphatic heterocycles. The lowest BCUT2D eigenvalue weighted by Crippen LogP contribution is -2.08. The number of nitriles is 1. The summed E-state index contributed by atoms with van der Waals surface area (Å²) in [4.78, 5) is 0. The maximum Gasteiger partial charge on any atom is 0.142 e. The second kappa shape index (κ2) is 7.01. The molecule has 0 amide bonds. The molecule has 21 heavy (non-hydrogen) atoms. The Hall–Kier alpha value is -2.18. The zero-order valence-corrected chi connectivity index (χ0v) is 12.8. The summed E-state index contributed by atoms with van der Waals surface area (Å²) in [7, 11) is 0. The molecule has 0 aliphatic rings. The number of hydrogen-bond acceptors (Lipinski definition) is 3. The highest BCUT2D eigenvalue weighted by Gasteiger charge is 2.10. The molecule has 4 heteroatoms. The van der Waals surface area contributed by atoms with E-state index < -0.39 is 0 Å². The fourth-order valence-electron chi connectivity index (χ4n) is 2.06. The smallest absolute Gasteiger partial charge is 0.142 e. The molecule has 2 rings (SSSR count). The van der Waals surface area contributed by atoms with Crippen LogP contribution in [0.25, 0.3) is 0 Å². The second-order valence-corrected chi connectivity index (χ2v) is 5.11. The predicted molar refractivity (Wildman–Crippen MR) is 85.8 cm³/mol. The quantitative estimate of drug-likeness (QED) is 0.864. The summed E-state index contributed by atoms with van der Waals surface area (Å²) < 4.78 is 5.60. The van der Waals surface area contributed by atoms with Crippen molar-refractivity contribution in [1.29, 1.82) is 5.26 Å². The molecule has 0 heterocycles. The van der Waals surface area contributed by atoms with Gasteiger partial charge in [0.25, 0.3) is 0 Å². The van der Waals surface area contributed by atoms with Crippen molar-refractivity contribution < 1.29 is 4.74 Å². The molecule has 0 saturated carbocycles. The molecule has 0 spiro atoms. The number of hydrogen-bond donors (Lipinski definition) is 1. The van der Waals surface area contributed by atoms with Crippen LogP contribution in [0, 0.1) is 11.3 Å². The van der Waals surface area contributed by atoms with Crippen molar-refractivity contribution in [3.8, 4) is 11.8 Å². The number of anilines is 1. The lowest BCUT2D eigenvalue weighted by Gasteiger charge is -2.19. The van der Waals surface area contributed by atoms with E-state index in [-0.39, 0.29) is 6.04 Å². The highest BCUT2D eigenvalue weighted by molar-refractivity contribution is 6.30. The maximum atomic E-state index is 8.83. The van der Waals surface area contributed by atoms with Crippen molar-refractivity contribution in [2.75, 3.05) is 11.9 Å². The van der Waals surface area contributed by atoms with Crippen LogP contribution in [0.5, 0.6) is 5.75 Å². The first kappa shape index (κ1) is 15.2. The summed E-state index contributed by atoms with van der Waals surface area (Å²) in [5.41, 5.74) is 2.61. The third-order valence-electron chi connectivity index (χ3n) is 3.15. The van der Waals surface area contributed by atoms with Gasteiger partial charge in [-0.05, 0) is 49.7 Å². The van der Waals surface area contributed by atoms with Gasteiger partial charge in [0.1, 0.15) is 5.75 Å². The Morgan fingerprint density at radius 1 is 1.24 bits per heavy atom. The van der Waals surface area contributed by atoms with Crippen molar-refractivity contribution >= 4 is 17.3 Å². The second-order valence-electron chi connectivity index (χ2n) is 4.67. The normalized spacial score (nSPS) is 11.5. The highest BCUT2D eigenvalue weighted by atomic mass is 35.5. The first-order valence-electron chi connectivity index (χ1n) is 6.83. The third kappa shape index (κ3) is 3.90. The van der Waals surface area contributed by atoms with Crippen LogP contribution >= 0.6 is 11.6 Å². The molecule has 1 atom stereocenters. The summed E-state index contributed by atoms with van der Waals surface area (Å²) in [6.45, 7) is 4.60. The van der Waals surface area contributed by atoms with Crippen LogP contribution in [0.3, 0.4) is 0 Å². The molecule has 108 valence electrons. The van der Waals surface area contributed by atoms with E-state index in [1.807, 2.05) is 49.4 Å². The summed E-state index contributed by atoms with van der Waals surface area (Å²) in [5.74, 6) is 0.780. The van der Waals surface area contributed by atoms with Crippen molar-refractivity contribution in [2.45, 2.75) is 19.9 Å². The van der Waals surface area contributed by atoms with Crippen LogP contribution in [-0.2, 0) is 0 Å². The van der Waals surface area contributed by atoms with Crippen LogP contribution in [0.15, 0.2) is 42.5 Å². The van der Waals surface area contributed by atoms with Gasteiger partial charge in [0.15, 0.2) is 0 Å². The van der Waals surface area contributed by atoms with Crippen LogP contribution in [0.2, 0.25) is 5.02 Å². The van der Waals surface area contributed by atoms with E-state index >= 15 is 0 Å². The molecule has 0 saturated heterocycles. The monoisotopic (exact) mass is 300 g/mol.